The maximum Gasteiger partial charge on any atom is 0.159 e. The van der Waals surface area contributed by atoms with Gasteiger partial charge >= 0.3 is 0 Å². The number of hydrogen-bond acceptors (Lipinski definition) is 3. The minimum atomic E-state index is 0.691. The molecule has 0 amide bonds. The van der Waals surface area contributed by atoms with Gasteiger partial charge in [-0.15, -0.1) is 11.3 Å². The van der Waals surface area contributed by atoms with E-state index in [9.17, 15) is 0 Å². The van der Waals surface area contributed by atoms with Gasteiger partial charge in [0.15, 0.2) is 3.92 Å². The maximum atomic E-state index is 6.21. The van der Waals surface area contributed by atoms with Gasteiger partial charge in [0, 0.05) is 41.0 Å². The van der Waals surface area contributed by atoms with Crippen LogP contribution >= 0.6 is 50.5 Å². The summed E-state index contributed by atoms with van der Waals surface area (Å²) >= 11 is 17.3. The highest BCUT2D eigenvalue weighted by atomic mass is 79.9. The van der Waals surface area contributed by atoms with Crippen LogP contribution in [0, 0.1) is 0 Å². The summed E-state index contributed by atoms with van der Waals surface area (Å²) in [7, 11) is 0. The van der Waals surface area contributed by atoms with Gasteiger partial charge in [0.25, 0.3) is 0 Å². The van der Waals surface area contributed by atoms with E-state index in [1.807, 2.05) is 18.2 Å². The molecule has 3 rings (SSSR count). The molecular weight excluding hydrogens is 379 g/mol. The van der Waals surface area contributed by atoms with E-state index in [0.29, 0.717) is 5.02 Å². The van der Waals surface area contributed by atoms with Crippen LogP contribution in [0.5, 0.6) is 0 Å². The number of hydrogen-bond donors (Lipinski definition) is 0. The first kappa shape index (κ1) is 14.8. The summed E-state index contributed by atoms with van der Waals surface area (Å²) < 4.78 is 0.991. The number of halogens is 3. The normalized spacial score (nSPS) is 15.3. The fraction of sp³-hybridized carbons (Fsp3) is 0.357. The van der Waals surface area contributed by atoms with Gasteiger partial charge in [-0.25, -0.2) is 4.98 Å². The topological polar surface area (TPSA) is 16.1 Å². The molecule has 1 aliphatic heterocycles. The zero-order valence-electron chi connectivity index (χ0n) is 10.7. The minimum Gasteiger partial charge on any atom is -0.297 e. The molecule has 20 heavy (non-hydrogen) atoms. The van der Waals surface area contributed by atoms with Crippen molar-refractivity contribution in [3.63, 3.8) is 0 Å². The molecule has 2 nitrogen and oxygen atoms in total. The van der Waals surface area contributed by atoms with Crippen LogP contribution in [0.15, 0.2) is 22.1 Å². The molecule has 0 fully saturated rings. The monoisotopic (exact) mass is 390 g/mol. The van der Waals surface area contributed by atoms with Crippen molar-refractivity contribution in [2.24, 2.45) is 0 Å². The summed E-state index contributed by atoms with van der Waals surface area (Å²) in [6, 6.07) is 5.73. The zero-order chi connectivity index (χ0) is 14.1. The Hall–Kier alpha value is -0.130. The van der Waals surface area contributed by atoms with E-state index in [-0.39, 0.29) is 0 Å². The lowest BCUT2D eigenvalue weighted by Gasteiger charge is -2.25. The summed E-state index contributed by atoms with van der Waals surface area (Å²) in [5.74, 6) is 0. The van der Waals surface area contributed by atoms with Crippen molar-refractivity contribution in [3.05, 3.63) is 48.3 Å². The number of fused-ring (bicyclic) bond motifs is 1. The van der Waals surface area contributed by atoms with Crippen molar-refractivity contribution in [3.8, 4) is 0 Å². The molecular formula is C14H13BrCl2N2S. The first-order chi connectivity index (χ1) is 9.61. The molecule has 106 valence electrons. The third-order valence-corrected chi connectivity index (χ3v) is 5.62. The Bertz CT molecular complexity index is 630. The van der Waals surface area contributed by atoms with E-state index in [1.165, 1.54) is 10.6 Å². The molecule has 0 saturated carbocycles. The van der Waals surface area contributed by atoms with Gasteiger partial charge < -0.3 is 0 Å². The smallest absolute Gasteiger partial charge is 0.159 e. The molecule has 1 aromatic heterocycles. The van der Waals surface area contributed by atoms with Crippen molar-refractivity contribution >= 4 is 50.5 Å². The largest absolute Gasteiger partial charge is 0.297 e. The molecule has 0 saturated heterocycles. The summed E-state index contributed by atoms with van der Waals surface area (Å²) in [5, 5.41) is 1.45. The van der Waals surface area contributed by atoms with Crippen LogP contribution in [0.25, 0.3) is 0 Å². The minimum absolute atomic E-state index is 0.691. The molecule has 0 aliphatic carbocycles. The molecule has 1 aliphatic rings. The van der Waals surface area contributed by atoms with Gasteiger partial charge in [-0.05, 0) is 40.0 Å². The highest BCUT2D eigenvalue weighted by molar-refractivity contribution is 9.11. The highest BCUT2D eigenvalue weighted by Crippen LogP contribution is 2.28. The number of rotatable bonds is 3. The standard InChI is InChI=1S/C14H13BrCl2N2S/c15-14-18-12-4-6-19(8-13(12)20-14)5-3-9-1-2-10(16)7-11(9)17/h1-2,7H,3-6,8H2. The fourth-order valence-electron chi connectivity index (χ4n) is 2.41. The molecule has 0 radical (unpaired) electrons. The SMILES string of the molecule is Clc1ccc(CCN2CCc3nc(Br)sc3C2)c(Cl)c1. The molecule has 0 atom stereocenters. The second kappa shape index (κ2) is 6.32. The number of nitrogens with zero attached hydrogens (tertiary/aromatic N) is 2. The first-order valence-corrected chi connectivity index (χ1v) is 8.79. The second-order valence-electron chi connectivity index (χ2n) is 4.85. The van der Waals surface area contributed by atoms with E-state index in [0.717, 1.165) is 47.0 Å². The van der Waals surface area contributed by atoms with Gasteiger partial charge in [0.1, 0.15) is 0 Å². The average Bonchev–Trinajstić information content (AvgIpc) is 2.77. The lowest BCUT2D eigenvalue weighted by atomic mass is 10.1. The van der Waals surface area contributed by atoms with Crippen LogP contribution < -0.4 is 0 Å². The van der Waals surface area contributed by atoms with Gasteiger partial charge in [0.2, 0.25) is 0 Å². The van der Waals surface area contributed by atoms with E-state index in [4.69, 9.17) is 23.2 Å². The van der Waals surface area contributed by atoms with E-state index < -0.39 is 0 Å². The lowest BCUT2D eigenvalue weighted by molar-refractivity contribution is 0.259. The van der Waals surface area contributed by atoms with Crippen LogP contribution in [0.2, 0.25) is 10.0 Å². The van der Waals surface area contributed by atoms with Crippen molar-refractivity contribution in [2.45, 2.75) is 19.4 Å². The number of thiazole rings is 1. The fourth-order valence-corrected chi connectivity index (χ4v) is 4.59. The second-order valence-corrected chi connectivity index (χ2v) is 8.05. The van der Waals surface area contributed by atoms with Crippen molar-refractivity contribution in [1.29, 1.82) is 0 Å². The van der Waals surface area contributed by atoms with Crippen LogP contribution in [0.4, 0.5) is 0 Å². The Morgan fingerprint density at radius 1 is 1.35 bits per heavy atom. The molecule has 2 heterocycles. The third kappa shape index (κ3) is 3.37. The van der Waals surface area contributed by atoms with Crippen molar-refractivity contribution in [2.75, 3.05) is 13.1 Å². The Labute approximate surface area is 140 Å². The maximum absolute atomic E-state index is 6.21. The summed E-state index contributed by atoms with van der Waals surface area (Å²) in [6.07, 6.45) is 1.98. The summed E-state index contributed by atoms with van der Waals surface area (Å²) in [5.41, 5.74) is 2.41. The van der Waals surface area contributed by atoms with E-state index in [2.05, 4.69) is 25.8 Å². The number of benzene rings is 1. The van der Waals surface area contributed by atoms with Crippen molar-refractivity contribution < 1.29 is 0 Å². The Balaban J connectivity index is 1.62. The number of aromatic nitrogens is 1. The van der Waals surface area contributed by atoms with Crippen LogP contribution in [0.1, 0.15) is 16.1 Å². The predicted molar refractivity (Wildman–Crippen MR) is 89.0 cm³/mol. The molecule has 0 N–H and O–H groups in total. The quantitative estimate of drug-likeness (QED) is 0.745. The van der Waals surface area contributed by atoms with Gasteiger partial charge in [-0.3, -0.25) is 4.90 Å². The highest BCUT2D eigenvalue weighted by Gasteiger charge is 2.20. The first-order valence-electron chi connectivity index (χ1n) is 6.42. The van der Waals surface area contributed by atoms with Gasteiger partial charge in [-0.2, -0.15) is 0 Å². The lowest BCUT2D eigenvalue weighted by Crippen LogP contribution is -2.31. The molecule has 1 aromatic carbocycles. The average molecular weight is 392 g/mol. The summed E-state index contributed by atoms with van der Waals surface area (Å²) in [6.45, 7) is 3.06. The van der Waals surface area contributed by atoms with Crippen molar-refractivity contribution in [1.82, 2.24) is 9.88 Å². The molecule has 0 bridgehead atoms. The predicted octanol–water partition coefficient (Wildman–Crippen LogP) is 4.81. The van der Waals surface area contributed by atoms with Gasteiger partial charge in [-0.1, -0.05) is 29.3 Å². The van der Waals surface area contributed by atoms with Crippen LogP contribution in [-0.4, -0.2) is 23.0 Å². The Kier molecular flexibility index (Phi) is 4.68. The molecule has 6 heteroatoms. The Morgan fingerprint density at radius 3 is 3.00 bits per heavy atom. The van der Waals surface area contributed by atoms with E-state index in [1.54, 1.807) is 11.3 Å². The Morgan fingerprint density at radius 2 is 2.20 bits per heavy atom. The molecule has 0 spiro atoms. The van der Waals surface area contributed by atoms with E-state index >= 15 is 0 Å². The zero-order valence-corrected chi connectivity index (χ0v) is 14.6. The molecule has 2 aromatic rings. The third-order valence-electron chi connectivity index (χ3n) is 3.50. The van der Waals surface area contributed by atoms with Crippen LogP contribution in [0.3, 0.4) is 0 Å². The van der Waals surface area contributed by atoms with Crippen LogP contribution in [-0.2, 0) is 19.4 Å². The summed E-state index contributed by atoms with van der Waals surface area (Å²) in [4.78, 5) is 8.34. The van der Waals surface area contributed by atoms with Gasteiger partial charge in [0.05, 0.1) is 5.69 Å². The molecule has 0 unspecified atom stereocenters.